The molecule has 1 aromatic carbocycles. The highest BCUT2D eigenvalue weighted by molar-refractivity contribution is 5.32. The topological polar surface area (TPSA) is 45.5 Å². The summed E-state index contributed by atoms with van der Waals surface area (Å²) < 4.78 is 25.5. The number of nitriles is 1. The summed E-state index contributed by atoms with van der Waals surface area (Å²) in [4.78, 5) is 2.32. The molecule has 1 saturated heterocycles. The van der Waals surface area contributed by atoms with E-state index in [1.807, 2.05) is 6.07 Å². The molecule has 0 aromatic heterocycles. The van der Waals surface area contributed by atoms with Crippen LogP contribution in [0.25, 0.3) is 0 Å². The molecule has 0 N–H and O–H groups in total. The zero-order valence-electron chi connectivity index (χ0n) is 13.5. The second kappa shape index (κ2) is 7.39. The lowest BCUT2D eigenvalue weighted by Gasteiger charge is -2.40. The van der Waals surface area contributed by atoms with E-state index >= 15 is 0 Å². The fraction of sp³-hybridized carbons (Fsp3) is 0.611. The van der Waals surface area contributed by atoms with Gasteiger partial charge in [-0.05, 0) is 25.0 Å². The number of methoxy groups -OCH3 is 1. The van der Waals surface area contributed by atoms with Gasteiger partial charge >= 0.3 is 0 Å². The van der Waals surface area contributed by atoms with E-state index in [1.165, 1.54) is 12.5 Å². The van der Waals surface area contributed by atoms with Crippen LogP contribution >= 0.6 is 0 Å². The fourth-order valence-electron chi connectivity index (χ4n) is 3.90. The Morgan fingerprint density at radius 2 is 2.30 bits per heavy atom. The van der Waals surface area contributed by atoms with Crippen molar-refractivity contribution < 1.29 is 13.9 Å². The van der Waals surface area contributed by atoms with Crippen molar-refractivity contribution in [3.63, 3.8) is 0 Å². The molecule has 4 nitrogen and oxygen atoms in total. The summed E-state index contributed by atoms with van der Waals surface area (Å²) in [7, 11) is 1.78. The molecular formula is C18H23FN2O2. The zero-order valence-corrected chi connectivity index (χ0v) is 13.5. The second-order valence-corrected chi connectivity index (χ2v) is 6.40. The van der Waals surface area contributed by atoms with Gasteiger partial charge in [-0.1, -0.05) is 12.5 Å². The van der Waals surface area contributed by atoms with Crippen molar-refractivity contribution in [2.45, 2.75) is 38.0 Å². The minimum Gasteiger partial charge on any atom is -0.381 e. The van der Waals surface area contributed by atoms with Crippen LogP contribution in [0.15, 0.2) is 18.2 Å². The minimum absolute atomic E-state index is 0.270. The Hall–Kier alpha value is -1.48. The molecule has 3 rings (SSSR count). The van der Waals surface area contributed by atoms with E-state index in [-0.39, 0.29) is 18.0 Å². The number of hydrogen-bond donors (Lipinski definition) is 0. The lowest BCUT2D eigenvalue weighted by Crippen LogP contribution is -2.51. The first-order valence-electron chi connectivity index (χ1n) is 8.26. The van der Waals surface area contributed by atoms with Gasteiger partial charge in [0.2, 0.25) is 0 Å². The highest BCUT2D eigenvalue weighted by atomic mass is 19.1. The number of ether oxygens (including phenoxy) is 2. The molecule has 2 fully saturated rings. The maximum atomic E-state index is 14.2. The van der Waals surface area contributed by atoms with Crippen LogP contribution in [-0.4, -0.2) is 43.9 Å². The molecule has 2 aliphatic rings. The van der Waals surface area contributed by atoms with E-state index in [0.29, 0.717) is 36.8 Å². The van der Waals surface area contributed by atoms with Crippen LogP contribution in [0.5, 0.6) is 0 Å². The number of benzene rings is 1. The Bertz CT molecular complexity index is 587. The number of morpholine rings is 1. The predicted molar refractivity (Wildman–Crippen MR) is 84.3 cm³/mol. The third-order valence-electron chi connectivity index (χ3n) is 5.14. The zero-order chi connectivity index (χ0) is 16.2. The monoisotopic (exact) mass is 318 g/mol. The summed E-state index contributed by atoms with van der Waals surface area (Å²) in [6.45, 7) is 2.72. The summed E-state index contributed by atoms with van der Waals surface area (Å²) >= 11 is 0. The molecule has 0 spiro atoms. The smallest absolute Gasteiger partial charge is 0.129 e. The normalized spacial score (nSPS) is 28.7. The Morgan fingerprint density at radius 1 is 1.43 bits per heavy atom. The molecule has 1 aliphatic heterocycles. The van der Waals surface area contributed by atoms with Crippen molar-refractivity contribution in [3.05, 3.63) is 35.1 Å². The van der Waals surface area contributed by atoms with Crippen molar-refractivity contribution in [2.24, 2.45) is 5.92 Å². The van der Waals surface area contributed by atoms with Crippen LogP contribution in [0.1, 0.15) is 30.4 Å². The van der Waals surface area contributed by atoms with Gasteiger partial charge in [-0.2, -0.15) is 5.26 Å². The van der Waals surface area contributed by atoms with Crippen LogP contribution in [0.2, 0.25) is 0 Å². The van der Waals surface area contributed by atoms with Crippen LogP contribution in [0.4, 0.5) is 4.39 Å². The number of halogens is 1. The molecular weight excluding hydrogens is 295 g/mol. The van der Waals surface area contributed by atoms with Crippen molar-refractivity contribution in [3.8, 4) is 6.07 Å². The molecule has 1 saturated carbocycles. The predicted octanol–water partition coefficient (Wildman–Crippen LogP) is 2.71. The number of hydrogen-bond acceptors (Lipinski definition) is 4. The molecule has 1 heterocycles. The van der Waals surface area contributed by atoms with Gasteiger partial charge in [0.25, 0.3) is 0 Å². The largest absolute Gasteiger partial charge is 0.381 e. The average molecular weight is 318 g/mol. The Kier molecular flexibility index (Phi) is 5.27. The Balaban J connectivity index is 1.75. The van der Waals surface area contributed by atoms with Gasteiger partial charge in [0.15, 0.2) is 0 Å². The lowest BCUT2D eigenvalue weighted by atomic mass is 9.93. The van der Waals surface area contributed by atoms with Crippen LogP contribution in [0.3, 0.4) is 0 Å². The van der Waals surface area contributed by atoms with Gasteiger partial charge in [-0.25, -0.2) is 4.39 Å². The van der Waals surface area contributed by atoms with E-state index in [2.05, 4.69) is 4.90 Å². The van der Waals surface area contributed by atoms with Gasteiger partial charge in [-0.15, -0.1) is 0 Å². The van der Waals surface area contributed by atoms with E-state index in [1.54, 1.807) is 19.2 Å². The third-order valence-corrected chi connectivity index (χ3v) is 5.14. The highest BCUT2D eigenvalue weighted by Gasteiger charge is 2.38. The molecule has 3 atom stereocenters. The first-order chi connectivity index (χ1) is 11.2. The Labute approximate surface area is 136 Å². The molecule has 0 bridgehead atoms. The van der Waals surface area contributed by atoms with Gasteiger partial charge in [0, 0.05) is 37.7 Å². The van der Waals surface area contributed by atoms with Gasteiger partial charge < -0.3 is 9.47 Å². The number of nitrogens with zero attached hydrogens (tertiary/aromatic N) is 2. The van der Waals surface area contributed by atoms with Crippen molar-refractivity contribution >= 4 is 0 Å². The fourth-order valence-corrected chi connectivity index (χ4v) is 3.90. The second-order valence-electron chi connectivity index (χ2n) is 6.40. The van der Waals surface area contributed by atoms with Crippen LogP contribution in [-0.2, 0) is 16.0 Å². The van der Waals surface area contributed by atoms with E-state index in [0.717, 1.165) is 19.4 Å². The van der Waals surface area contributed by atoms with E-state index in [4.69, 9.17) is 14.7 Å². The molecule has 1 aromatic rings. The minimum atomic E-state index is -0.302. The average Bonchev–Trinajstić information content (AvgIpc) is 3.05. The maximum Gasteiger partial charge on any atom is 0.129 e. The summed E-state index contributed by atoms with van der Waals surface area (Å²) in [5.74, 6) is 0.144. The lowest BCUT2D eigenvalue weighted by molar-refractivity contribution is -0.0611. The van der Waals surface area contributed by atoms with Gasteiger partial charge in [0.1, 0.15) is 5.82 Å². The molecule has 1 aliphatic carbocycles. The van der Waals surface area contributed by atoms with Crippen LogP contribution < -0.4 is 0 Å². The summed E-state index contributed by atoms with van der Waals surface area (Å²) in [5, 5.41) is 8.86. The molecule has 23 heavy (non-hydrogen) atoms. The van der Waals surface area contributed by atoms with Gasteiger partial charge in [-0.3, -0.25) is 4.90 Å². The van der Waals surface area contributed by atoms with Crippen molar-refractivity contribution in [2.75, 3.05) is 26.9 Å². The summed E-state index contributed by atoms with van der Waals surface area (Å²) in [6, 6.07) is 6.97. The van der Waals surface area contributed by atoms with Crippen LogP contribution in [0, 0.1) is 23.1 Å². The first-order valence-corrected chi connectivity index (χ1v) is 8.26. The molecule has 0 unspecified atom stereocenters. The van der Waals surface area contributed by atoms with E-state index < -0.39 is 0 Å². The molecule has 5 heteroatoms. The van der Waals surface area contributed by atoms with E-state index in [9.17, 15) is 4.39 Å². The Morgan fingerprint density at radius 3 is 3.04 bits per heavy atom. The first kappa shape index (κ1) is 16.4. The number of rotatable bonds is 4. The maximum absolute atomic E-state index is 14.2. The summed E-state index contributed by atoms with van der Waals surface area (Å²) in [5.41, 5.74) is 1.00. The van der Waals surface area contributed by atoms with Crippen molar-refractivity contribution in [1.29, 1.82) is 5.26 Å². The van der Waals surface area contributed by atoms with Gasteiger partial charge in [0.05, 0.1) is 31.0 Å². The molecule has 124 valence electrons. The molecule has 0 amide bonds. The quantitative estimate of drug-likeness (QED) is 0.856. The third kappa shape index (κ3) is 3.55. The molecule has 0 radical (unpaired) electrons. The standard InChI is InChI=1S/C18H23FN2O2/c1-22-18-4-2-3-15(18)17-12-23-8-7-21(17)11-14-6-5-13(10-20)9-16(14)19/h5-6,9,15,17-18H,2-4,7-8,11-12H2,1H3/t15-,17-,18-/m1/s1. The summed E-state index contributed by atoms with van der Waals surface area (Å²) in [6.07, 6.45) is 3.68. The highest BCUT2D eigenvalue weighted by Crippen LogP contribution is 2.34. The SMILES string of the molecule is CO[C@@H]1CCC[C@@H]1[C@H]1COCCN1Cc1ccc(C#N)cc1F. The van der Waals surface area contributed by atoms with Crippen molar-refractivity contribution in [1.82, 2.24) is 4.90 Å².